The largest absolute Gasteiger partial charge is 0.373 e. The summed E-state index contributed by atoms with van der Waals surface area (Å²) in [4.78, 5) is 27.6. The molecule has 8 rings (SSSR count). The molecule has 0 amide bonds. The van der Waals surface area contributed by atoms with Crippen LogP contribution in [0.3, 0.4) is 0 Å². The molecule has 5 fully saturated rings. The van der Waals surface area contributed by atoms with Gasteiger partial charge in [0.25, 0.3) is 0 Å². The van der Waals surface area contributed by atoms with Gasteiger partial charge in [0, 0.05) is 34.8 Å². The lowest BCUT2D eigenvalue weighted by atomic mass is 9.55. The first kappa shape index (κ1) is 18.8. The molecule has 2 aromatic carbocycles. The van der Waals surface area contributed by atoms with Gasteiger partial charge in [0.15, 0.2) is 11.6 Å². The smallest absolute Gasteiger partial charge is 0.169 e. The molecule has 0 aliphatic carbocycles. The molecule has 2 aromatic rings. The molecule has 5 heteroatoms. The van der Waals surface area contributed by atoms with Crippen LogP contribution < -0.4 is 0 Å². The Morgan fingerprint density at radius 2 is 0.939 bits per heavy atom. The van der Waals surface area contributed by atoms with E-state index in [-0.39, 0.29) is 60.0 Å². The Labute approximate surface area is 191 Å². The molecule has 33 heavy (non-hydrogen) atoms. The monoisotopic (exact) mass is 440 g/mol. The van der Waals surface area contributed by atoms with Crippen molar-refractivity contribution in [2.75, 3.05) is 0 Å². The van der Waals surface area contributed by atoms with Gasteiger partial charge in [-0.3, -0.25) is 9.59 Å². The Balaban J connectivity index is 1.21. The molecule has 6 heterocycles. The second-order valence-corrected chi connectivity index (χ2v) is 10.4. The Kier molecular flexibility index (Phi) is 3.70. The van der Waals surface area contributed by atoms with Crippen LogP contribution in [0.25, 0.3) is 0 Å². The van der Waals surface area contributed by atoms with Crippen molar-refractivity contribution in [3.8, 4) is 0 Å². The molecular formula is C28H24O5. The summed E-state index contributed by atoms with van der Waals surface area (Å²) in [6.45, 7) is 0. The third-order valence-electron chi connectivity index (χ3n) is 9.17. The van der Waals surface area contributed by atoms with E-state index in [0.717, 1.165) is 0 Å². The number of hydrogen-bond acceptors (Lipinski definition) is 5. The first-order chi connectivity index (χ1) is 16.2. The van der Waals surface area contributed by atoms with E-state index in [0.29, 0.717) is 23.0 Å². The molecule has 166 valence electrons. The number of benzene rings is 2. The minimum atomic E-state index is -0.484. The summed E-state index contributed by atoms with van der Waals surface area (Å²) in [5.74, 6) is 0.0316. The maximum Gasteiger partial charge on any atom is 0.169 e. The number of rotatable bonds is 4. The fraction of sp³-hybridized carbons (Fsp3) is 0.429. The minimum absolute atomic E-state index is 0.0132. The zero-order valence-electron chi connectivity index (χ0n) is 17.9. The molecule has 6 bridgehead atoms. The summed E-state index contributed by atoms with van der Waals surface area (Å²) in [5.41, 5.74) is 1.29. The van der Waals surface area contributed by atoms with Gasteiger partial charge in [0.1, 0.15) is 0 Å². The molecule has 5 nitrogen and oxygen atoms in total. The van der Waals surface area contributed by atoms with Gasteiger partial charge in [-0.05, 0) is 0 Å². The summed E-state index contributed by atoms with van der Waals surface area (Å²) in [6, 6.07) is 18.7. The van der Waals surface area contributed by atoms with Crippen LogP contribution in [0.2, 0.25) is 0 Å². The summed E-state index contributed by atoms with van der Waals surface area (Å²) in [6.07, 6.45) is 4.08. The van der Waals surface area contributed by atoms with E-state index in [1.807, 2.05) is 60.7 Å². The van der Waals surface area contributed by atoms with Gasteiger partial charge in [-0.25, -0.2) is 0 Å². The molecule has 0 spiro atoms. The average Bonchev–Trinajstić information content (AvgIpc) is 3.69. The van der Waals surface area contributed by atoms with E-state index >= 15 is 0 Å². The van der Waals surface area contributed by atoms with Crippen LogP contribution in [0.4, 0.5) is 0 Å². The molecule has 5 saturated heterocycles. The first-order valence-electron chi connectivity index (χ1n) is 12.1. The number of carbonyl (C=O) groups is 2. The van der Waals surface area contributed by atoms with Crippen molar-refractivity contribution < 1.29 is 23.8 Å². The van der Waals surface area contributed by atoms with Crippen LogP contribution in [0, 0.1) is 35.5 Å². The molecule has 12 atom stereocenters. The van der Waals surface area contributed by atoms with E-state index in [2.05, 4.69) is 12.2 Å². The normalized spacial score (nSPS) is 47.2. The van der Waals surface area contributed by atoms with Crippen molar-refractivity contribution >= 4 is 11.6 Å². The lowest BCUT2D eigenvalue weighted by Gasteiger charge is -2.41. The van der Waals surface area contributed by atoms with E-state index < -0.39 is 11.8 Å². The standard InChI is InChI=1S/C28H24O5/c29-23(13-7-3-1-4-8-13)19-20(24(30)14-9-5-2-6-10-14)28-22-21(27(19)33-28)25-17-15-11-12-16(31-15)18(17)26(22)32-25/h1-12,15-22,25-28H. The summed E-state index contributed by atoms with van der Waals surface area (Å²) >= 11 is 0. The summed E-state index contributed by atoms with van der Waals surface area (Å²) in [7, 11) is 0. The van der Waals surface area contributed by atoms with Crippen molar-refractivity contribution in [3.63, 3.8) is 0 Å². The molecule has 6 aliphatic heterocycles. The highest BCUT2D eigenvalue weighted by Crippen LogP contribution is 2.67. The van der Waals surface area contributed by atoms with E-state index in [1.165, 1.54) is 0 Å². The second kappa shape index (κ2) is 6.50. The number of Topliss-reactive ketones (excluding diaryl/α,β-unsaturated/α-hetero) is 2. The van der Waals surface area contributed by atoms with Crippen LogP contribution in [-0.2, 0) is 14.2 Å². The second-order valence-electron chi connectivity index (χ2n) is 10.4. The van der Waals surface area contributed by atoms with Crippen molar-refractivity contribution in [2.45, 2.75) is 36.6 Å². The van der Waals surface area contributed by atoms with E-state index in [9.17, 15) is 9.59 Å². The Morgan fingerprint density at radius 3 is 1.39 bits per heavy atom. The van der Waals surface area contributed by atoms with Gasteiger partial charge < -0.3 is 14.2 Å². The zero-order chi connectivity index (χ0) is 21.8. The summed E-state index contributed by atoms with van der Waals surface area (Å²) in [5, 5.41) is 0. The van der Waals surface area contributed by atoms with Crippen LogP contribution in [0.1, 0.15) is 20.7 Å². The van der Waals surface area contributed by atoms with Gasteiger partial charge in [-0.1, -0.05) is 72.8 Å². The molecule has 0 radical (unpaired) electrons. The topological polar surface area (TPSA) is 61.8 Å². The van der Waals surface area contributed by atoms with Crippen molar-refractivity contribution in [3.05, 3.63) is 83.9 Å². The van der Waals surface area contributed by atoms with Gasteiger partial charge in [0.05, 0.1) is 48.5 Å². The average molecular weight is 440 g/mol. The summed E-state index contributed by atoms with van der Waals surface area (Å²) < 4.78 is 19.4. The Hall–Kier alpha value is -2.60. The number of fused-ring (bicyclic) bond motifs is 16. The molecule has 6 aliphatic rings. The van der Waals surface area contributed by atoms with Crippen LogP contribution >= 0.6 is 0 Å². The molecule has 0 N–H and O–H groups in total. The molecule has 0 aromatic heterocycles. The number of ketones is 2. The van der Waals surface area contributed by atoms with Gasteiger partial charge in [-0.2, -0.15) is 0 Å². The van der Waals surface area contributed by atoms with E-state index in [4.69, 9.17) is 14.2 Å². The van der Waals surface area contributed by atoms with Crippen LogP contribution in [-0.4, -0.2) is 48.2 Å². The number of carbonyl (C=O) groups excluding carboxylic acids is 2. The van der Waals surface area contributed by atoms with Crippen LogP contribution in [0.5, 0.6) is 0 Å². The fourth-order valence-corrected chi connectivity index (χ4v) is 8.12. The maximum atomic E-state index is 13.8. The third kappa shape index (κ3) is 2.28. The third-order valence-corrected chi connectivity index (χ3v) is 9.17. The molecule has 12 unspecified atom stereocenters. The Bertz CT molecular complexity index is 1090. The lowest BCUT2D eigenvalue weighted by molar-refractivity contribution is -0.0341. The van der Waals surface area contributed by atoms with Crippen LogP contribution in [0.15, 0.2) is 72.8 Å². The number of ether oxygens (including phenoxy) is 3. The van der Waals surface area contributed by atoms with Gasteiger partial charge >= 0.3 is 0 Å². The van der Waals surface area contributed by atoms with Crippen molar-refractivity contribution in [2.24, 2.45) is 35.5 Å². The SMILES string of the molecule is O=C(c1ccccc1)C1C2OC(C1C(=O)c1ccccc1)C1C3OC(C4C5C=CC(O5)C34)C21. The zero-order valence-corrected chi connectivity index (χ0v) is 17.9. The van der Waals surface area contributed by atoms with Gasteiger partial charge in [0.2, 0.25) is 0 Å². The highest BCUT2D eigenvalue weighted by atomic mass is 16.6. The predicted molar refractivity (Wildman–Crippen MR) is 118 cm³/mol. The Morgan fingerprint density at radius 1 is 0.515 bits per heavy atom. The minimum Gasteiger partial charge on any atom is -0.373 e. The van der Waals surface area contributed by atoms with Gasteiger partial charge in [-0.15, -0.1) is 0 Å². The fourth-order valence-electron chi connectivity index (χ4n) is 8.12. The maximum absolute atomic E-state index is 13.8. The molecular weight excluding hydrogens is 416 g/mol. The van der Waals surface area contributed by atoms with Crippen molar-refractivity contribution in [1.29, 1.82) is 0 Å². The molecule has 0 saturated carbocycles. The number of hydrogen-bond donors (Lipinski definition) is 0. The quantitative estimate of drug-likeness (QED) is 0.539. The van der Waals surface area contributed by atoms with E-state index in [1.54, 1.807) is 0 Å². The highest BCUT2D eigenvalue weighted by Gasteiger charge is 2.77. The lowest BCUT2D eigenvalue weighted by Crippen LogP contribution is -2.54. The van der Waals surface area contributed by atoms with Crippen molar-refractivity contribution in [1.82, 2.24) is 0 Å². The predicted octanol–water partition coefficient (Wildman–Crippen LogP) is 3.35. The first-order valence-corrected chi connectivity index (χ1v) is 12.1. The highest BCUT2D eigenvalue weighted by molar-refractivity contribution is 6.06.